The molecule has 0 aliphatic heterocycles. The highest BCUT2D eigenvalue weighted by atomic mass is 16.3. The van der Waals surface area contributed by atoms with Crippen LogP contribution in [-0.4, -0.2) is 14.9 Å². The molecule has 0 atom stereocenters. The summed E-state index contributed by atoms with van der Waals surface area (Å²) in [6.45, 7) is 0. The molecule has 3 aromatic rings. The summed E-state index contributed by atoms with van der Waals surface area (Å²) in [5.74, 6) is 0.197. The van der Waals surface area contributed by atoms with Crippen molar-refractivity contribution < 1.29 is 5.11 Å². The summed E-state index contributed by atoms with van der Waals surface area (Å²) in [7, 11) is 0. The van der Waals surface area contributed by atoms with E-state index in [2.05, 4.69) is 5.10 Å². The molecule has 1 aromatic heterocycles. The van der Waals surface area contributed by atoms with E-state index in [-0.39, 0.29) is 5.75 Å². The first-order chi connectivity index (χ1) is 8.27. The van der Waals surface area contributed by atoms with E-state index in [1.54, 1.807) is 23.0 Å². The molecule has 0 bridgehead atoms. The normalized spacial score (nSPS) is 10.8. The van der Waals surface area contributed by atoms with Crippen LogP contribution in [0.3, 0.4) is 0 Å². The van der Waals surface area contributed by atoms with Gasteiger partial charge in [0.2, 0.25) is 0 Å². The number of aromatic hydroxyl groups is 1. The summed E-state index contributed by atoms with van der Waals surface area (Å²) in [4.78, 5) is 0. The first-order valence-electron chi connectivity index (χ1n) is 5.28. The zero-order valence-corrected chi connectivity index (χ0v) is 9.04. The molecule has 0 saturated carbocycles. The van der Waals surface area contributed by atoms with E-state index in [4.69, 9.17) is 5.73 Å². The van der Waals surface area contributed by atoms with Crippen LogP contribution in [0.25, 0.3) is 16.6 Å². The van der Waals surface area contributed by atoms with Gasteiger partial charge in [-0.25, -0.2) is 4.68 Å². The van der Waals surface area contributed by atoms with Gasteiger partial charge in [-0.2, -0.15) is 5.10 Å². The maximum atomic E-state index is 9.89. The largest absolute Gasteiger partial charge is 0.506 e. The summed E-state index contributed by atoms with van der Waals surface area (Å²) in [5, 5.41) is 15.0. The summed E-state index contributed by atoms with van der Waals surface area (Å²) in [6, 6.07) is 12.8. The topological polar surface area (TPSA) is 64.1 Å². The SMILES string of the molecule is Nc1ccccc1-n1ncc2cccc(O)c21. The Morgan fingerprint density at radius 1 is 1.06 bits per heavy atom. The van der Waals surface area contributed by atoms with Crippen LogP contribution in [0.5, 0.6) is 5.75 Å². The molecule has 3 rings (SSSR count). The zero-order valence-electron chi connectivity index (χ0n) is 9.04. The lowest BCUT2D eigenvalue weighted by Gasteiger charge is -2.07. The van der Waals surface area contributed by atoms with E-state index in [0.717, 1.165) is 11.1 Å². The number of phenolic OH excluding ortho intramolecular Hbond substituents is 1. The molecule has 3 N–H and O–H groups in total. The van der Waals surface area contributed by atoms with Crippen molar-refractivity contribution in [1.29, 1.82) is 0 Å². The van der Waals surface area contributed by atoms with E-state index >= 15 is 0 Å². The molecule has 0 amide bonds. The van der Waals surface area contributed by atoms with Gasteiger partial charge in [0.15, 0.2) is 0 Å². The second-order valence-corrected chi connectivity index (χ2v) is 3.83. The monoisotopic (exact) mass is 225 g/mol. The summed E-state index contributed by atoms with van der Waals surface area (Å²) in [5.41, 5.74) is 7.98. The van der Waals surface area contributed by atoms with Gasteiger partial charge in [-0.1, -0.05) is 24.3 Å². The first kappa shape index (κ1) is 9.72. The molecule has 0 spiro atoms. The van der Waals surface area contributed by atoms with Crippen molar-refractivity contribution in [3.8, 4) is 11.4 Å². The third-order valence-electron chi connectivity index (χ3n) is 2.73. The Bertz CT molecular complexity index is 688. The van der Waals surface area contributed by atoms with Crippen LogP contribution in [0.1, 0.15) is 0 Å². The second kappa shape index (κ2) is 3.52. The number of phenols is 1. The zero-order chi connectivity index (χ0) is 11.8. The van der Waals surface area contributed by atoms with Crippen molar-refractivity contribution in [2.45, 2.75) is 0 Å². The van der Waals surface area contributed by atoms with Crippen molar-refractivity contribution >= 4 is 16.6 Å². The molecule has 0 unspecified atom stereocenters. The van der Waals surface area contributed by atoms with Gasteiger partial charge in [0.25, 0.3) is 0 Å². The van der Waals surface area contributed by atoms with Gasteiger partial charge < -0.3 is 10.8 Å². The number of benzene rings is 2. The number of anilines is 1. The predicted octanol–water partition coefficient (Wildman–Crippen LogP) is 2.31. The van der Waals surface area contributed by atoms with Gasteiger partial charge in [-0.15, -0.1) is 0 Å². The number of nitrogens with zero attached hydrogens (tertiary/aromatic N) is 2. The standard InChI is InChI=1S/C13H11N3O/c14-10-5-1-2-6-11(10)16-13-9(8-15-16)4-3-7-12(13)17/h1-8,17H,14H2. The maximum Gasteiger partial charge on any atom is 0.141 e. The molecule has 17 heavy (non-hydrogen) atoms. The quantitative estimate of drug-likeness (QED) is 0.624. The van der Waals surface area contributed by atoms with Crippen LogP contribution >= 0.6 is 0 Å². The third-order valence-corrected chi connectivity index (χ3v) is 2.73. The minimum absolute atomic E-state index is 0.197. The van der Waals surface area contributed by atoms with Crippen LogP contribution in [0.2, 0.25) is 0 Å². The van der Waals surface area contributed by atoms with E-state index in [9.17, 15) is 5.11 Å². The number of hydrogen-bond donors (Lipinski definition) is 2. The molecule has 2 aromatic carbocycles. The van der Waals surface area contributed by atoms with E-state index in [1.165, 1.54) is 0 Å². The maximum absolute atomic E-state index is 9.89. The molecule has 0 saturated heterocycles. The third kappa shape index (κ3) is 1.42. The van der Waals surface area contributed by atoms with Crippen molar-refractivity contribution in [3.05, 3.63) is 48.7 Å². The second-order valence-electron chi connectivity index (χ2n) is 3.83. The van der Waals surface area contributed by atoms with Crippen LogP contribution in [0, 0.1) is 0 Å². The smallest absolute Gasteiger partial charge is 0.141 e. The number of hydrogen-bond acceptors (Lipinski definition) is 3. The van der Waals surface area contributed by atoms with Gasteiger partial charge in [-0.3, -0.25) is 0 Å². The fourth-order valence-corrected chi connectivity index (χ4v) is 1.92. The van der Waals surface area contributed by atoms with Crippen LogP contribution < -0.4 is 5.73 Å². The number of para-hydroxylation sites is 3. The predicted molar refractivity (Wildman–Crippen MR) is 67.1 cm³/mol. The lowest BCUT2D eigenvalue weighted by atomic mass is 10.2. The van der Waals surface area contributed by atoms with Gasteiger partial charge in [-0.05, 0) is 18.2 Å². The Balaban J connectivity index is 2.36. The average Bonchev–Trinajstić information content (AvgIpc) is 2.75. The van der Waals surface area contributed by atoms with Gasteiger partial charge in [0, 0.05) is 5.39 Å². The average molecular weight is 225 g/mol. The Hall–Kier alpha value is -2.49. The highest BCUT2D eigenvalue weighted by molar-refractivity contribution is 5.86. The summed E-state index contributed by atoms with van der Waals surface area (Å²) >= 11 is 0. The van der Waals surface area contributed by atoms with Crippen molar-refractivity contribution in [3.63, 3.8) is 0 Å². The van der Waals surface area contributed by atoms with Crippen molar-refractivity contribution in [2.24, 2.45) is 0 Å². The van der Waals surface area contributed by atoms with E-state index < -0.39 is 0 Å². The molecule has 4 heteroatoms. The fourth-order valence-electron chi connectivity index (χ4n) is 1.92. The molecule has 4 nitrogen and oxygen atoms in total. The van der Waals surface area contributed by atoms with Crippen molar-refractivity contribution in [1.82, 2.24) is 9.78 Å². The molecule has 0 aliphatic rings. The van der Waals surface area contributed by atoms with Crippen LogP contribution in [0.4, 0.5) is 5.69 Å². The molecular formula is C13H11N3O. The van der Waals surface area contributed by atoms with E-state index in [0.29, 0.717) is 11.2 Å². The molecular weight excluding hydrogens is 214 g/mol. The van der Waals surface area contributed by atoms with Gasteiger partial charge in [0.05, 0.1) is 17.6 Å². The Morgan fingerprint density at radius 2 is 1.88 bits per heavy atom. The first-order valence-corrected chi connectivity index (χ1v) is 5.28. The minimum atomic E-state index is 0.197. The Labute approximate surface area is 97.9 Å². The number of fused-ring (bicyclic) bond motifs is 1. The van der Waals surface area contributed by atoms with Gasteiger partial charge in [0.1, 0.15) is 11.3 Å². The molecule has 1 heterocycles. The number of aromatic nitrogens is 2. The lowest BCUT2D eigenvalue weighted by molar-refractivity contribution is 0.479. The molecule has 0 aliphatic carbocycles. The lowest BCUT2D eigenvalue weighted by Crippen LogP contribution is -2.00. The highest BCUT2D eigenvalue weighted by Crippen LogP contribution is 2.28. The minimum Gasteiger partial charge on any atom is -0.506 e. The number of nitrogen functional groups attached to an aromatic ring is 1. The van der Waals surface area contributed by atoms with Crippen molar-refractivity contribution in [2.75, 3.05) is 5.73 Å². The highest BCUT2D eigenvalue weighted by Gasteiger charge is 2.10. The number of nitrogens with two attached hydrogens (primary N) is 1. The summed E-state index contributed by atoms with van der Waals surface area (Å²) < 4.78 is 1.65. The number of rotatable bonds is 1. The molecule has 0 radical (unpaired) electrons. The fraction of sp³-hybridized carbons (Fsp3) is 0. The van der Waals surface area contributed by atoms with Crippen LogP contribution in [0.15, 0.2) is 48.7 Å². The Morgan fingerprint density at radius 3 is 2.71 bits per heavy atom. The Kier molecular flexibility index (Phi) is 2.01. The molecule has 84 valence electrons. The van der Waals surface area contributed by atoms with Gasteiger partial charge >= 0.3 is 0 Å². The van der Waals surface area contributed by atoms with E-state index in [1.807, 2.05) is 30.3 Å². The molecule has 0 fully saturated rings. The van der Waals surface area contributed by atoms with Crippen LogP contribution in [-0.2, 0) is 0 Å². The summed E-state index contributed by atoms with van der Waals surface area (Å²) in [6.07, 6.45) is 1.71.